The molecule has 1 fully saturated rings. The molecule has 2 nitrogen and oxygen atoms in total. The van der Waals surface area contributed by atoms with Crippen molar-refractivity contribution in [3.63, 3.8) is 0 Å². The van der Waals surface area contributed by atoms with Crippen molar-refractivity contribution in [3.8, 4) is 6.07 Å². The van der Waals surface area contributed by atoms with Crippen molar-refractivity contribution in [1.82, 2.24) is 0 Å². The van der Waals surface area contributed by atoms with Crippen LogP contribution in [0, 0.1) is 11.3 Å². The van der Waals surface area contributed by atoms with Gasteiger partial charge in [0.2, 0.25) is 0 Å². The molecule has 0 atom stereocenters. The maximum absolute atomic E-state index is 11.1. The monoisotopic (exact) mass is 231 g/mol. The van der Waals surface area contributed by atoms with E-state index in [0.29, 0.717) is 12.8 Å². The Kier molecular flexibility index (Phi) is 2.15. The molecule has 3 heteroatoms. The number of carbonyl (C=O) groups is 1. The van der Waals surface area contributed by atoms with Gasteiger partial charge in [-0.1, -0.05) is 0 Å². The van der Waals surface area contributed by atoms with Gasteiger partial charge < -0.3 is 0 Å². The predicted octanol–water partition coefficient (Wildman–Crippen LogP) is 2.75. The molecule has 0 spiro atoms. The van der Waals surface area contributed by atoms with Crippen molar-refractivity contribution in [2.45, 2.75) is 43.9 Å². The molecule has 0 saturated heterocycles. The van der Waals surface area contributed by atoms with E-state index in [2.05, 4.69) is 12.1 Å². The minimum Gasteiger partial charge on any atom is -0.300 e. The zero-order valence-electron chi connectivity index (χ0n) is 9.08. The van der Waals surface area contributed by atoms with Crippen molar-refractivity contribution >= 4 is 17.1 Å². The van der Waals surface area contributed by atoms with E-state index in [1.54, 1.807) is 11.3 Å². The highest BCUT2D eigenvalue weighted by Crippen LogP contribution is 2.45. The van der Waals surface area contributed by atoms with E-state index in [9.17, 15) is 10.1 Å². The molecule has 0 aromatic carbocycles. The van der Waals surface area contributed by atoms with Crippen LogP contribution in [0.15, 0.2) is 6.07 Å². The van der Waals surface area contributed by atoms with E-state index in [-0.39, 0.29) is 5.78 Å². The summed E-state index contributed by atoms with van der Waals surface area (Å²) >= 11 is 1.77. The number of hydrogen-bond acceptors (Lipinski definition) is 3. The standard InChI is InChI=1S/C13H13NOS/c14-8-13(6-10(15)7-13)12-5-9-3-1-2-4-11(9)16-12/h5H,1-4,6-7H2. The van der Waals surface area contributed by atoms with Gasteiger partial charge in [0.15, 0.2) is 0 Å². The molecule has 2 aliphatic carbocycles. The van der Waals surface area contributed by atoms with Gasteiger partial charge in [-0.05, 0) is 37.3 Å². The Bertz CT molecular complexity index is 463. The molecular weight excluding hydrogens is 218 g/mol. The lowest BCUT2D eigenvalue weighted by atomic mass is 9.68. The summed E-state index contributed by atoms with van der Waals surface area (Å²) in [5.41, 5.74) is 0.972. The number of nitriles is 1. The Morgan fingerprint density at radius 1 is 1.31 bits per heavy atom. The molecule has 16 heavy (non-hydrogen) atoms. The Labute approximate surface area is 98.9 Å². The topological polar surface area (TPSA) is 40.9 Å². The Morgan fingerprint density at radius 2 is 2.06 bits per heavy atom. The van der Waals surface area contributed by atoms with E-state index in [1.807, 2.05) is 0 Å². The van der Waals surface area contributed by atoms with Gasteiger partial charge in [-0.25, -0.2) is 0 Å². The summed E-state index contributed by atoms with van der Waals surface area (Å²) in [4.78, 5) is 13.7. The molecule has 82 valence electrons. The van der Waals surface area contributed by atoms with Gasteiger partial charge in [-0.15, -0.1) is 11.3 Å². The Morgan fingerprint density at radius 3 is 2.69 bits per heavy atom. The lowest BCUT2D eigenvalue weighted by Crippen LogP contribution is -2.39. The normalized spacial score (nSPS) is 22.1. The fraction of sp³-hybridized carbons (Fsp3) is 0.538. The van der Waals surface area contributed by atoms with Crippen molar-refractivity contribution in [3.05, 3.63) is 21.4 Å². The van der Waals surface area contributed by atoms with Crippen LogP contribution in [-0.4, -0.2) is 5.78 Å². The maximum atomic E-state index is 11.1. The Hall–Kier alpha value is -1.14. The molecular formula is C13H13NOS. The summed E-state index contributed by atoms with van der Waals surface area (Å²) in [6, 6.07) is 4.55. The van der Waals surface area contributed by atoms with Crippen molar-refractivity contribution in [2.75, 3.05) is 0 Å². The lowest BCUT2D eigenvalue weighted by molar-refractivity contribution is -0.126. The number of thiophene rings is 1. The highest BCUT2D eigenvalue weighted by Gasteiger charge is 2.46. The van der Waals surface area contributed by atoms with E-state index >= 15 is 0 Å². The average molecular weight is 231 g/mol. The number of hydrogen-bond donors (Lipinski definition) is 0. The first-order chi connectivity index (χ1) is 7.73. The molecule has 0 N–H and O–H groups in total. The first kappa shape index (κ1) is 10.0. The van der Waals surface area contributed by atoms with E-state index in [4.69, 9.17) is 0 Å². The van der Waals surface area contributed by atoms with Crippen molar-refractivity contribution in [1.29, 1.82) is 5.26 Å². The predicted molar refractivity (Wildman–Crippen MR) is 62.5 cm³/mol. The highest BCUT2D eigenvalue weighted by molar-refractivity contribution is 7.12. The molecule has 1 aromatic rings. The number of carbonyl (C=O) groups excluding carboxylic acids is 1. The molecule has 1 heterocycles. The van der Waals surface area contributed by atoms with Crippen LogP contribution in [-0.2, 0) is 23.1 Å². The molecule has 0 amide bonds. The van der Waals surface area contributed by atoms with Gasteiger partial charge in [0.05, 0.1) is 6.07 Å². The minimum atomic E-state index is -0.459. The number of ketones is 1. The van der Waals surface area contributed by atoms with Gasteiger partial charge in [0.25, 0.3) is 0 Å². The number of rotatable bonds is 1. The fourth-order valence-corrected chi connectivity index (χ4v) is 4.05. The first-order valence-corrected chi connectivity index (χ1v) is 6.60. The van der Waals surface area contributed by atoms with Gasteiger partial charge in [-0.2, -0.15) is 5.26 Å². The zero-order chi connectivity index (χ0) is 11.2. The van der Waals surface area contributed by atoms with Crippen LogP contribution in [0.2, 0.25) is 0 Å². The van der Waals surface area contributed by atoms with Crippen molar-refractivity contribution < 1.29 is 4.79 Å². The third-order valence-electron chi connectivity index (χ3n) is 3.68. The van der Waals surface area contributed by atoms with Crippen LogP contribution < -0.4 is 0 Å². The van der Waals surface area contributed by atoms with Crippen LogP contribution in [0.3, 0.4) is 0 Å². The van der Waals surface area contributed by atoms with Crippen molar-refractivity contribution in [2.24, 2.45) is 0 Å². The fourth-order valence-electron chi connectivity index (χ4n) is 2.66. The summed E-state index contributed by atoms with van der Waals surface area (Å²) in [6.45, 7) is 0. The van der Waals surface area contributed by atoms with E-state index in [1.165, 1.54) is 23.3 Å². The number of fused-ring (bicyclic) bond motifs is 1. The summed E-state index contributed by atoms with van der Waals surface area (Å²) in [6.07, 6.45) is 5.72. The van der Waals surface area contributed by atoms with Crippen LogP contribution in [0.4, 0.5) is 0 Å². The van der Waals surface area contributed by atoms with Gasteiger partial charge in [-0.3, -0.25) is 4.79 Å². The zero-order valence-corrected chi connectivity index (χ0v) is 9.90. The SMILES string of the molecule is N#CC1(c2cc3c(s2)CCCC3)CC(=O)C1. The Balaban J connectivity index is 1.98. The lowest BCUT2D eigenvalue weighted by Gasteiger charge is -2.32. The smallest absolute Gasteiger partial charge is 0.136 e. The highest BCUT2D eigenvalue weighted by atomic mass is 32.1. The molecule has 0 radical (unpaired) electrons. The second-order valence-corrected chi connectivity index (χ2v) is 5.99. The summed E-state index contributed by atoms with van der Waals surface area (Å²) in [5, 5.41) is 9.27. The summed E-state index contributed by atoms with van der Waals surface area (Å²) in [5.74, 6) is 0.230. The summed E-state index contributed by atoms with van der Waals surface area (Å²) < 4.78 is 0. The summed E-state index contributed by atoms with van der Waals surface area (Å²) in [7, 11) is 0. The molecule has 1 saturated carbocycles. The number of aryl methyl sites for hydroxylation is 2. The minimum absolute atomic E-state index is 0.230. The third kappa shape index (κ3) is 1.33. The third-order valence-corrected chi connectivity index (χ3v) is 5.12. The van der Waals surface area contributed by atoms with Crippen LogP contribution in [0.1, 0.15) is 41.0 Å². The van der Waals surface area contributed by atoms with Gasteiger partial charge >= 0.3 is 0 Å². The molecule has 1 aromatic heterocycles. The molecule has 0 aliphatic heterocycles. The average Bonchev–Trinajstić information content (AvgIpc) is 2.68. The van der Waals surface area contributed by atoms with Crippen LogP contribution >= 0.6 is 11.3 Å². The number of nitrogens with zero attached hydrogens (tertiary/aromatic N) is 1. The largest absolute Gasteiger partial charge is 0.300 e. The molecule has 3 rings (SSSR count). The second kappa shape index (κ2) is 3.43. The second-order valence-electron chi connectivity index (χ2n) is 4.85. The number of Topliss-reactive ketones (excluding diaryl/α,β-unsaturated/α-hetero) is 1. The van der Waals surface area contributed by atoms with Crippen LogP contribution in [0.5, 0.6) is 0 Å². The quantitative estimate of drug-likeness (QED) is 0.745. The van der Waals surface area contributed by atoms with E-state index < -0.39 is 5.41 Å². The van der Waals surface area contributed by atoms with Gasteiger partial charge in [0.1, 0.15) is 11.2 Å². The van der Waals surface area contributed by atoms with E-state index in [0.717, 1.165) is 17.7 Å². The molecule has 0 bridgehead atoms. The first-order valence-electron chi connectivity index (χ1n) is 5.78. The maximum Gasteiger partial charge on any atom is 0.136 e. The molecule has 2 aliphatic rings. The van der Waals surface area contributed by atoms with Gasteiger partial charge in [0, 0.05) is 22.6 Å². The molecule has 0 unspecified atom stereocenters. The van der Waals surface area contributed by atoms with Crippen LogP contribution in [0.25, 0.3) is 0 Å².